The van der Waals surface area contributed by atoms with E-state index in [1.165, 1.54) is 22.3 Å². The molecule has 1 aliphatic carbocycles. The minimum atomic E-state index is -0.491. The molecular weight excluding hydrogens is 332 g/mol. The molecule has 27 heavy (non-hydrogen) atoms. The highest BCUT2D eigenvalue weighted by Crippen LogP contribution is 2.56. The number of aromatic hydroxyl groups is 2. The molecule has 0 heterocycles. The smallest absolute Gasteiger partial charge is 0.115 e. The molecule has 130 valence electrons. The van der Waals surface area contributed by atoms with E-state index in [-0.39, 0.29) is 11.5 Å². The molecule has 1 aliphatic rings. The number of fused-ring (bicyclic) bond motifs is 3. The summed E-state index contributed by atoms with van der Waals surface area (Å²) >= 11 is 0. The fraction of sp³-hybridized carbons (Fsp3) is 0.0400. The van der Waals surface area contributed by atoms with Crippen LogP contribution in [0.1, 0.15) is 22.3 Å². The molecule has 5 rings (SSSR count). The van der Waals surface area contributed by atoms with Gasteiger partial charge in [-0.2, -0.15) is 0 Å². The Morgan fingerprint density at radius 3 is 1.22 bits per heavy atom. The molecule has 0 amide bonds. The summed E-state index contributed by atoms with van der Waals surface area (Å²) in [7, 11) is 0. The predicted molar refractivity (Wildman–Crippen MR) is 107 cm³/mol. The van der Waals surface area contributed by atoms with Crippen LogP contribution in [0.3, 0.4) is 0 Å². The first-order valence-corrected chi connectivity index (χ1v) is 8.99. The summed E-state index contributed by atoms with van der Waals surface area (Å²) in [4.78, 5) is 0. The van der Waals surface area contributed by atoms with Crippen LogP contribution in [0.4, 0.5) is 0 Å². The SMILES string of the molecule is Oc1ccc(C2(c3ccc(O)cc3)c3ccccc3-c3ccccc32)cc1. The Kier molecular flexibility index (Phi) is 3.34. The van der Waals surface area contributed by atoms with Crippen LogP contribution >= 0.6 is 0 Å². The van der Waals surface area contributed by atoms with E-state index in [0.717, 1.165) is 11.1 Å². The summed E-state index contributed by atoms with van der Waals surface area (Å²) in [6, 6.07) is 31.9. The Bertz CT molecular complexity index is 1030. The number of phenolic OH excluding ortho intramolecular Hbond substituents is 2. The van der Waals surface area contributed by atoms with Gasteiger partial charge in [0.15, 0.2) is 0 Å². The van der Waals surface area contributed by atoms with Gasteiger partial charge in [-0.3, -0.25) is 0 Å². The van der Waals surface area contributed by atoms with Crippen molar-refractivity contribution in [1.82, 2.24) is 0 Å². The van der Waals surface area contributed by atoms with Crippen LogP contribution in [-0.2, 0) is 5.41 Å². The zero-order valence-electron chi connectivity index (χ0n) is 14.6. The lowest BCUT2D eigenvalue weighted by Gasteiger charge is -2.33. The second-order valence-electron chi connectivity index (χ2n) is 6.93. The van der Waals surface area contributed by atoms with E-state index >= 15 is 0 Å². The maximum absolute atomic E-state index is 9.85. The van der Waals surface area contributed by atoms with E-state index in [4.69, 9.17) is 0 Å². The number of phenols is 2. The topological polar surface area (TPSA) is 40.5 Å². The standard InChI is InChI=1S/C25H18O2/c26-19-13-9-17(10-14-19)25(18-11-15-20(27)16-12-18)23-7-3-1-5-21(23)22-6-2-4-8-24(22)25/h1-16,26-27H. The predicted octanol–water partition coefficient (Wildman–Crippen LogP) is 5.46. The van der Waals surface area contributed by atoms with Gasteiger partial charge in [-0.25, -0.2) is 0 Å². The second kappa shape index (κ2) is 5.75. The Balaban J connectivity index is 1.94. The molecule has 2 N–H and O–H groups in total. The van der Waals surface area contributed by atoms with Gasteiger partial charge in [-0.05, 0) is 57.6 Å². The highest BCUT2D eigenvalue weighted by Gasteiger charge is 2.45. The first kappa shape index (κ1) is 15.7. The molecule has 2 nitrogen and oxygen atoms in total. The van der Waals surface area contributed by atoms with Gasteiger partial charge >= 0.3 is 0 Å². The minimum Gasteiger partial charge on any atom is -0.508 e. The van der Waals surface area contributed by atoms with Crippen molar-refractivity contribution in [2.45, 2.75) is 5.41 Å². The summed E-state index contributed by atoms with van der Waals surface area (Å²) in [6.45, 7) is 0. The summed E-state index contributed by atoms with van der Waals surface area (Å²) in [6.07, 6.45) is 0. The van der Waals surface area contributed by atoms with Crippen molar-refractivity contribution in [3.05, 3.63) is 119 Å². The number of rotatable bonds is 2. The lowest BCUT2D eigenvalue weighted by atomic mass is 9.68. The van der Waals surface area contributed by atoms with Gasteiger partial charge in [0.05, 0.1) is 5.41 Å². The fourth-order valence-corrected chi connectivity index (χ4v) is 4.45. The molecule has 4 aromatic carbocycles. The van der Waals surface area contributed by atoms with Crippen molar-refractivity contribution in [3.63, 3.8) is 0 Å². The molecule has 0 spiro atoms. The van der Waals surface area contributed by atoms with Crippen LogP contribution in [0.2, 0.25) is 0 Å². The third-order valence-corrected chi connectivity index (χ3v) is 5.55. The van der Waals surface area contributed by atoms with E-state index < -0.39 is 5.41 Å². The summed E-state index contributed by atoms with van der Waals surface area (Å²) in [5.74, 6) is 0.498. The summed E-state index contributed by atoms with van der Waals surface area (Å²) in [5.41, 5.74) is 6.54. The fourth-order valence-electron chi connectivity index (χ4n) is 4.45. The van der Waals surface area contributed by atoms with Gasteiger partial charge in [0, 0.05) is 0 Å². The molecule has 2 heteroatoms. The van der Waals surface area contributed by atoms with Crippen molar-refractivity contribution in [2.24, 2.45) is 0 Å². The van der Waals surface area contributed by atoms with Crippen molar-refractivity contribution in [2.75, 3.05) is 0 Å². The molecule has 4 aromatic rings. The lowest BCUT2D eigenvalue weighted by Crippen LogP contribution is -2.28. The number of hydrogen-bond donors (Lipinski definition) is 2. The minimum absolute atomic E-state index is 0.249. The average Bonchev–Trinajstić information content (AvgIpc) is 3.01. The quantitative estimate of drug-likeness (QED) is 0.444. The molecule has 0 fully saturated rings. The van der Waals surface area contributed by atoms with Crippen LogP contribution < -0.4 is 0 Å². The molecular formula is C25H18O2. The molecule has 0 aliphatic heterocycles. The highest BCUT2D eigenvalue weighted by atomic mass is 16.3. The largest absolute Gasteiger partial charge is 0.508 e. The summed E-state index contributed by atoms with van der Waals surface area (Å²) < 4.78 is 0. The normalized spacial score (nSPS) is 13.8. The van der Waals surface area contributed by atoms with Crippen LogP contribution in [0.15, 0.2) is 97.1 Å². The second-order valence-corrected chi connectivity index (χ2v) is 6.93. The molecule has 0 radical (unpaired) electrons. The maximum Gasteiger partial charge on any atom is 0.115 e. The van der Waals surface area contributed by atoms with E-state index in [0.29, 0.717) is 0 Å². The zero-order valence-corrected chi connectivity index (χ0v) is 14.6. The van der Waals surface area contributed by atoms with Crippen LogP contribution in [0.5, 0.6) is 11.5 Å². The molecule has 0 aromatic heterocycles. The molecule has 0 saturated carbocycles. The molecule has 0 saturated heterocycles. The Morgan fingerprint density at radius 2 is 0.815 bits per heavy atom. The van der Waals surface area contributed by atoms with Crippen molar-refractivity contribution in [3.8, 4) is 22.6 Å². The monoisotopic (exact) mass is 350 g/mol. The van der Waals surface area contributed by atoms with Gasteiger partial charge in [-0.1, -0.05) is 72.8 Å². The average molecular weight is 350 g/mol. The van der Waals surface area contributed by atoms with E-state index in [2.05, 4.69) is 48.5 Å². The first-order valence-electron chi connectivity index (χ1n) is 8.99. The van der Waals surface area contributed by atoms with Crippen molar-refractivity contribution >= 4 is 0 Å². The molecule has 0 bridgehead atoms. The first-order chi connectivity index (χ1) is 13.2. The summed E-state index contributed by atoms with van der Waals surface area (Å²) in [5, 5.41) is 19.7. The van der Waals surface area contributed by atoms with Crippen molar-refractivity contribution in [1.29, 1.82) is 0 Å². The van der Waals surface area contributed by atoms with Crippen LogP contribution in [-0.4, -0.2) is 10.2 Å². The molecule has 0 atom stereocenters. The van der Waals surface area contributed by atoms with E-state index in [9.17, 15) is 10.2 Å². The Morgan fingerprint density at radius 1 is 0.444 bits per heavy atom. The lowest BCUT2D eigenvalue weighted by molar-refractivity contribution is 0.475. The van der Waals surface area contributed by atoms with E-state index in [1.807, 2.05) is 24.3 Å². The van der Waals surface area contributed by atoms with Crippen LogP contribution in [0.25, 0.3) is 11.1 Å². The Hall–Kier alpha value is -3.52. The van der Waals surface area contributed by atoms with Crippen molar-refractivity contribution < 1.29 is 10.2 Å². The van der Waals surface area contributed by atoms with E-state index in [1.54, 1.807) is 24.3 Å². The maximum atomic E-state index is 9.85. The Labute approximate surface area is 158 Å². The number of benzene rings is 4. The van der Waals surface area contributed by atoms with Gasteiger partial charge in [0.25, 0.3) is 0 Å². The number of hydrogen-bond acceptors (Lipinski definition) is 2. The van der Waals surface area contributed by atoms with Gasteiger partial charge in [0.2, 0.25) is 0 Å². The third-order valence-electron chi connectivity index (χ3n) is 5.55. The zero-order chi connectivity index (χ0) is 18.4. The highest BCUT2D eigenvalue weighted by molar-refractivity contribution is 5.86. The third kappa shape index (κ3) is 2.13. The van der Waals surface area contributed by atoms with Crippen LogP contribution in [0, 0.1) is 0 Å². The van der Waals surface area contributed by atoms with Gasteiger partial charge < -0.3 is 10.2 Å². The molecule has 0 unspecified atom stereocenters. The van der Waals surface area contributed by atoms with Gasteiger partial charge in [-0.15, -0.1) is 0 Å². The van der Waals surface area contributed by atoms with Gasteiger partial charge in [0.1, 0.15) is 11.5 Å².